The van der Waals surface area contributed by atoms with Gasteiger partial charge in [0, 0.05) is 12.6 Å². The van der Waals surface area contributed by atoms with Gasteiger partial charge in [-0.05, 0) is 29.3 Å². The number of β-amino-alcohol motifs (C(OH)–C–C–N with tert-alkyl or cyclic N) is 1. The highest BCUT2D eigenvalue weighted by atomic mass is 79.9. The van der Waals surface area contributed by atoms with Crippen molar-refractivity contribution < 1.29 is 5.11 Å². The lowest BCUT2D eigenvalue weighted by atomic mass is 10.2. The van der Waals surface area contributed by atoms with Crippen molar-refractivity contribution in [2.75, 3.05) is 11.4 Å². The Bertz CT molecular complexity index is 306. The van der Waals surface area contributed by atoms with Gasteiger partial charge in [-0.3, -0.25) is 0 Å². The van der Waals surface area contributed by atoms with Gasteiger partial charge >= 0.3 is 0 Å². The summed E-state index contributed by atoms with van der Waals surface area (Å²) in [5.74, 6) is 0. The van der Waals surface area contributed by atoms with Crippen molar-refractivity contribution in [2.45, 2.75) is 25.5 Å². The SMILES string of the molecule is CC1CC(O)CN1c1nnc(Br)s1. The van der Waals surface area contributed by atoms with Crippen LogP contribution in [0, 0.1) is 0 Å². The minimum Gasteiger partial charge on any atom is -0.391 e. The number of rotatable bonds is 1. The van der Waals surface area contributed by atoms with E-state index in [4.69, 9.17) is 0 Å². The number of nitrogens with zero attached hydrogens (tertiary/aromatic N) is 3. The molecule has 0 saturated carbocycles. The third-order valence-electron chi connectivity index (χ3n) is 2.19. The molecule has 1 aromatic rings. The molecule has 6 heteroatoms. The monoisotopic (exact) mass is 263 g/mol. The number of halogens is 1. The average molecular weight is 264 g/mol. The van der Waals surface area contributed by atoms with E-state index in [2.05, 4.69) is 38.0 Å². The second-order valence-electron chi connectivity index (χ2n) is 3.23. The minimum atomic E-state index is -0.224. The molecule has 1 saturated heterocycles. The van der Waals surface area contributed by atoms with Crippen molar-refractivity contribution in [2.24, 2.45) is 0 Å². The van der Waals surface area contributed by atoms with E-state index < -0.39 is 0 Å². The molecule has 0 aliphatic carbocycles. The zero-order valence-electron chi connectivity index (χ0n) is 7.14. The molecule has 0 amide bonds. The van der Waals surface area contributed by atoms with Gasteiger partial charge in [0.1, 0.15) is 0 Å². The van der Waals surface area contributed by atoms with Crippen LogP contribution in [-0.4, -0.2) is 34.0 Å². The Hall–Kier alpha value is -0.200. The van der Waals surface area contributed by atoms with Gasteiger partial charge in [0.2, 0.25) is 5.13 Å². The molecule has 0 aromatic carbocycles. The van der Waals surface area contributed by atoms with Crippen LogP contribution >= 0.6 is 27.3 Å². The number of anilines is 1. The second kappa shape index (κ2) is 3.51. The van der Waals surface area contributed by atoms with Crippen molar-refractivity contribution in [3.05, 3.63) is 3.92 Å². The number of aliphatic hydroxyl groups is 1. The molecule has 2 atom stereocenters. The van der Waals surface area contributed by atoms with Crippen LogP contribution in [0.5, 0.6) is 0 Å². The van der Waals surface area contributed by atoms with Crippen LogP contribution in [-0.2, 0) is 0 Å². The smallest absolute Gasteiger partial charge is 0.209 e. The van der Waals surface area contributed by atoms with Crippen LogP contribution in [0.2, 0.25) is 0 Å². The summed E-state index contributed by atoms with van der Waals surface area (Å²) in [6.07, 6.45) is 0.592. The maximum absolute atomic E-state index is 9.44. The van der Waals surface area contributed by atoms with Crippen LogP contribution in [0.1, 0.15) is 13.3 Å². The average Bonchev–Trinajstić information content (AvgIpc) is 2.58. The summed E-state index contributed by atoms with van der Waals surface area (Å²) in [7, 11) is 0. The number of aliphatic hydroxyl groups excluding tert-OH is 1. The summed E-state index contributed by atoms with van der Waals surface area (Å²) in [5, 5.41) is 18.2. The van der Waals surface area contributed by atoms with Crippen LogP contribution in [0.4, 0.5) is 5.13 Å². The standard InChI is InChI=1S/C7H10BrN3OS/c1-4-2-5(12)3-11(4)7-10-9-6(8)13-7/h4-5,12H,2-3H2,1H3. The molecule has 1 aliphatic rings. The van der Waals surface area contributed by atoms with E-state index in [9.17, 15) is 5.11 Å². The Labute approximate surface area is 88.7 Å². The molecular formula is C7H10BrN3OS. The highest BCUT2D eigenvalue weighted by molar-refractivity contribution is 9.11. The first-order valence-corrected chi connectivity index (χ1v) is 5.71. The van der Waals surface area contributed by atoms with Gasteiger partial charge < -0.3 is 10.0 Å². The number of hydrogen-bond donors (Lipinski definition) is 1. The maximum Gasteiger partial charge on any atom is 0.209 e. The summed E-state index contributed by atoms with van der Waals surface area (Å²) < 4.78 is 0.788. The van der Waals surface area contributed by atoms with Gasteiger partial charge in [-0.25, -0.2) is 0 Å². The molecule has 1 fully saturated rings. The summed E-state index contributed by atoms with van der Waals surface area (Å²) in [6, 6.07) is 0.356. The van der Waals surface area contributed by atoms with Gasteiger partial charge in [0.15, 0.2) is 3.92 Å². The van der Waals surface area contributed by atoms with Crippen molar-refractivity contribution in [3.63, 3.8) is 0 Å². The maximum atomic E-state index is 9.44. The van der Waals surface area contributed by atoms with Crippen LogP contribution in [0.15, 0.2) is 3.92 Å². The van der Waals surface area contributed by atoms with E-state index in [-0.39, 0.29) is 6.10 Å². The van der Waals surface area contributed by atoms with Gasteiger partial charge in [-0.15, -0.1) is 10.2 Å². The largest absolute Gasteiger partial charge is 0.391 e. The quantitative estimate of drug-likeness (QED) is 0.829. The van der Waals surface area contributed by atoms with Crippen molar-refractivity contribution in [1.29, 1.82) is 0 Å². The Morgan fingerprint density at radius 2 is 2.38 bits per heavy atom. The predicted molar refractivity (Wildman–Crippen MR) is 55.0 cm³/mol. The lowest BCUT2D eigenvalue weighted by Gasteiger charge is -2.18. The summed E-state index contributed by atoms with van der Waals surface area (Å²) in [5.41, 5.74) is 0. The molecule has 13 heavy (non-hydrogen) atoms. The zero-order valence-corrected chi connectivity index (χ0v) is 9.55. The second-order valence-corrected chi connectivity index (χ2v) is 5.46. The Morgan fingerprint density at radius 1 is 1.62 bits per heavy atom. The third kappa shape index (κ3) is 1.84. The van der Waals surface area contributed by atoms with Gasteiger partial charge in [0.05, 0.1) is 6.10 Å². The van der Waals surface area contributed by atoms with E-state index in [0.29, 0.717) is 12.6 Å². The molecule has 2 unspecified atom stereocenters. The molecule has 1 aromatic heterocycles. The molecule has 0 bridgehead atoms. The third-order valence-corrected chi connectivity index (χ3v) is 3.58. The van der Waals surface area contributed by atoms with E-state index in [1.54, 1.807) is 0 Å². The summed E-state index contributed by atoms with van der Waals surface area (Å²) >= 11 is 4.77. The molecule has 2 rings (SSSR count). The molecule has 0 radical (unpaired) electrons. The van der Waals surface area contributed by atoms with E-state index >= 15 is 0 Å². The molecular weight excluding hydrogens is 254 g/mol. The number of aromatic nitrogens is 2. The fourth-order valence-electron chi connectivity index (χ4n) is 1.58. The van der Waals surface area contributed by atoms with Crippen molar-refractivity contribution >= 4 is 32.4 Å². The Morgan fingerprint density at radius 3 is 2.85 bits per heavy atom. The zero-order chi connectivity index (χ0) is 9.42. The Kier molecular flexibility index (Phi) is 2.53. The van der Waals surface area contributed by atoms with Crippen LogP contribution in [0.3, 0.4) is 0 Å². The molecule has 1 aliphatic heterocycles. The van der Waals surface area contributed by atoms with Gasteiger partial charge in [-0.1, -0.05) is 11.3 Å². The fraction of sp³-hybridized carbons (Fsp3) is 0.714. The minimum absolute atomic E-state index is 0.224. The molecule has 4 nitrogen and oxygen atoms in total. The Balaban J connectivity index is 2.17. The van der Waals surface area contributed by atoms with Crippen LogP contribution < -0.4 is 4.90 Å². The molecule has 72 valence electrons. The van der Waals surface area contributed by atoms with Gasteiger partial charge in [-0.2, -0.15) is 0 Å². The number of hydrogen-bond acceptors (Lipinski definition) is 5. The highest BCUT2D eigenvalue weighted by Crippen LogP contribution is 2.30. The first kappa shape index (κ1) is 9.36. The summed E-state index contributed by atoms with van der Waals surface area (Å²) in [4.78, 5) is 2.09. The van der Waals surface area contributed by atoms with Gasteiger partial charge in [0.25, 0.3) is 0 Å². The normalized spacial score (nSPS) is 28.4. The molecule has 1 N–H and O–H groups in total. The fourth-order valence-corrected chi connectivity index (χ4v) is 2.78. The molecule has 2 heterocycles. The molecule has 0 spiro atoms. The highest BCUT2D eigenvalue weighted by Gasteiger charge is 2.29. The topological polar surface area (TPSA) is 49.2 Å². The van der Waals surface area contributed by atoms with Crippen molar-refractivity contribution in [1.82, 2.24) is 10.2 Å². The predicted octanol–water partition coefficient (Wildman–Crippen LogP) is 1.26. The van der Waals surface area contributed by atoms with Crippen molar-refractivity contribution in [3.8, 4) is 0 Å². The lowest BCUT2D eigenvalue weighted by molar-refractivity contribution is 0.195. The van der Waals surface area contributed by atoms with E-state index in [1.165, 1.54) is 11.3 Å². The van der Waals surface area contributed by atoms with Crippen LogP contribution in [0.25, 0.3) is 0 Å². The summed E-state index contributed by atoms with van der Waals surface area (Å²) in [6.45, 7) is 2.76. The van der Waals surface area contributed by atoms with E-state index in [1.807, 2.05) is 0 Å². The lowest BCUT2D eigenvalue weighted by Crippen LogP contribution is -2.27. The first-order valence-electron chi connectivity index (χ1n) is 4.10. The van der Waals surface area contributed by atoms with E-state index in [0.717, 1.165) is 15.5 Å². The first-order chi connectivity index (χ1) is 6.16.